The minimum Gasteiger partial charge on any atom is -0.463 e. The van der Waals surface area contributed by atoms with Gasteiger partial charge in [0.25, 0.3) is 5.56 Å². The maximum Gasteiger partial charge on any atom is 0.338 e. The van der Waals surface area contributed by atoms with Crippen LogP contribution in [0.25, 0.3) is 6.08 Å². The third-order valence-corrected chi connectivity index (χ3v) is 6.11. The SMILES string of the molecule is CCOC(=O)C1=C(C)N=c2s/c(=C/c3ccc(F)cc3)c(=O)n2[C@H]1c1ccc(Cl)cc1. The summed E-state index contributed by atoms with van der Waals surface area (Å²) in [5, 5.41) is 0.547. The smallest absolute Gasteiger partial charge is 0.338 e. The first-order valence-electron chi connectivity index (χ1n) is 9.59. The molecule has 0 N–H and O–H groups in total. The fourth-order valence-corrected chi connectivity index (χ4v) is 4.63. The second-order valence-corrected chi connectivity index (χ2v) is 8.35. The molecule has 1 aromatic heterocycles. The molecule has 0 fully saturated rings. The predicted molar refractivity (Wildman–Crippen MR) is 118 cm³/mol. The Morgan fingerprint density at radius 2 is 1.90 bits per heavy atom. The molecule has 31 heavy (non-hydrogen) atoms. The van der Waals surface area contributed by atoms with E-state index in [9.17, 15) is 14.0 Å². The van der Waals surface area contributed by atoms with E-state index in [-0.39, 0.29) is 18.0 Å². The van der Waals surface area contributed by atoms with Crippen LogP contribution in [0.1, 0.15) is 31.0 Å². The first-order chi connectivity index (χ1) is 14.9. The number of carbonyl (C=O) groups excluding carboxylic acids is 1. The molecule has 0 amide bonds. The summed E-state index contributed by atoms with van der Waals surface area (Å²) in [4.78, 5) is 31.2. The van der Waals surface area contributed by atoms with E-state index in [1.54, 1.807) is 56.3 Å². The van der Waals surface area contributed by atoms with Crippen molar-refractivity contribution >= 4 is 35.0 Å². The number of halogens is 2. The lowest BCUT2D eigenvalue weighted by atomic mass is 9.96. The average Bonchev–Trinajstić information content (AvgIpc) is 3.04. The van der Waals surface area contributed by atoms with E-state index >= 15 is 0 Å². The number of benzene rings is 2. The quantitative estimate of drug-likeness (QED) is 0.564. The molecule has 0 unspecified atom stereocenters. The predicted octanol–water partition coefficient (Wildman–Crippen LogP) is 3.59. The van der Waals surface area contributed by atoms with Crippen molar-refractivity contribution in [2.45, 2.75) is 19.9 Å². The molecule has 2 heterocycles. The van der Waals surface area contributed by atoms with Gasteiger partial charge < -0.3 is 4.74 Å². The third kappa shape index (κ3) is 4.11. The molecule has 5 nitrogen and oxygen atoms in total. The molecular weight excluding hydrogens is 439 g/mol. The van der Waals surface area contributed by atoms with Crippen molar-refractivity contribution < 1.29 is 13.9 Å². The number of hydrogen-bond donors (Lipinski definition) is 0. The number of thiazole rings is 1. The van der Waals surface area contributed by atoms with Gasteiger partial charge in [-0.25, -0.2) is 14.2 Å². The van der Waals surface area contributed by atoms with E-state index in [0.29, 0.717) is 31.2 Å². The van der Waals surface area contributed by atoms with Gasteiger partial charge in [0.15, 0.2) is 4.80 Å². The van der Waals surface area contributed by atoms with Crippen molar-refractivity contribution in [2.75, 3.05) is 6.61 Å². The zero-order valence-electron chi connectivity index (χ0n) is 16.8. The number of fused-ring (bicyclic) bond motifs is 1. The first-order valence-corrected chi connectivity index (χ1v) is 10.8. The van der Waals surface area contributed by atoms with E-state index in [1.165, 1.54) is 28.0 Å². The lowest BCUT2D eigenvalue weighted by Gasteiger charge is -2.24. The average molecular weight is 457 g/mol. The molecule has 0 bridgehead atoms. The van der Waals surface area contributed by atoms with Gasteiger partial charge in [0.05, 0.1) is 28.5 Å². The van der Waals surface area contributed by atoms with Crippen LogP contribution in [0.3, 0.4) is 0 Å². The number of allylic oxidation sites excluding steroid dienone is 1. The van der Waals surface area contributed by atoms with Gasteiger partial charge in [0.1, 0.15) is 5.82 Å². The third-order valence-electron chi connectivity index (χ3n) is 4.87. The molecule has 158 valence electrons. The van der Waals surface area contributed by atoms with Gasteiger partial charge in [-0.2, -0.15) is 0 Å². The molecule has 2 aromatic carbocycles. The van der Waals surface area contributed by atoms with Gasteiger partial charge in [-0.1, -0.05) is 47.2 Å². The van der Waals surface area contributed by atoms with Gasteiger partial charge in [-0.15, -0.1) is 0 Å². The van der Waals surface area contributed by atoms with Crippen molar-refractivity contribution in [2.24, 2.45) is 4.99 Å². The Morgan fingerprint density at radius 3 is 2.55 bits per heavy atom. The van der Waals surface area contributed by atoms with E-state index in [4.69, 9.17) is 16.3 Å². The van der Waals surface area contributed by atoms with Gasteiger partial charge in [-0.3, -0.25) is 9.36 Å². The maximum atomic E-state index is 13.4. The summed E-state index contributed by atoms with van der Waals surface area (Å²) in [6, 6.07) is 12.2. The highest BCUT2D eigenvalue weighted by Gasteiger charge is 2.33. The number of nitrogens with zero attached hydrogens (tertiary/aromatic N) is 2. The van der Waals surface area contributed by atoms with Crippen LogP contribution in [0.5, 0.6) is 0 Å². The van der Waals surface area contributed by atoms with Crippen LogP contribution in [0, 0.1) is 5.82 Å². The molecule has 0 saturated carbocycles. The molecule has 0 saturated heterocycles. The number of rotatable bonds is 4. The molecule has 4 rings (SSSR count). The summed E-state index contributed by atoms with van der Waals surface area (Å²) in [7, 11) is 0. The van der Waals surface area contributed by atoms with Crippen LogP contribution < -0.4 is 14.9 Å². The minimum atomic E-state index is -0.692. The van der Waals surface area contributed by atoms with Crippen molar-refractivity contribution in [3.05, 3.63) is 101 Å². The van der Waals surface area contributed by atoms with Crippen LogP contribution >= 0.6 is 22.9 Å². The first kappa shape index (κ1) is 21.2. The Kier molecular flexibility index (Phi) is 5.89. The summed E-state index contributed by atoms with van der Waals surface area (Å²) >= 11 is 7.26. The van der Waals surface area contributed by atoms with E-state index < -0.39 is 12.0 Å². The minimum absolute atomic E-state index is 0.206. The largest absolute Gasteiger partial charge is 0.463 e. The molecule has 8 heteroatoms. The second kappa shape index (κ2) is 8.61. The number of esters is 1. The van der Waals surface area contributed by atoms with Crippen molar-refractivity contribution in [3.63, 3.8) is 0 Å². The molecule has 0 aliphatic carbocycles. The molecular formula is C23H18ClFN2O3S. The molecule has 0 spiro atoms. The Hall–Kier alpha value is -3.03. The summed E-state index contributed by atoms with van der Waals surface area (Å²) < 4.78 is 20.4. The van der Waals surface area contributed by atoms with Crippen molar-refractivity contribution in [1.29, 1.82) is 0 Å². The maximum absolute atomic E-state index is 13.4. The van der Waals surface area contributed by atoms with Gasteiger partial charge in [0.2, 0.25) is 0 Å². The Morgan fingerprint density at radius 1 is 1.23 bits per heavy atom. The lowest BCUT2D eigenvalue weighted by molar-refractivity contribution is -0.139. The molecule has 3 aromatic rings. The van der Waals surface area contributed by atoms with Crippen LogP contribution in [-0.2, 0) is 9.53 Å². The number of hydrogen-bond acceptors (Lipinski definition) is 5. The number of ether oxygens (including phenoxy) is 1. The Bertz CT molecular complexity index is 1360. The topological polar surface area (TPSA) is 60.7 Å². The molecule has 1 aliphatic rings. The zero-order chi connectivity index (χ0) is 22.1. The Labute approximate surface area is 186 Å². The summed E-state index contributed by atoms with van der Waals surface area (Å²) in [5.41, 5.74) is 1.92. The van der Waals surface area contributed by atoms with Crippen molar-refractivity contribution in [3.8, 4) is 0 Å². The van der Waals surface area contributed by atoms with Crippen LogP contribution in [0.15, 0.2) is 69.6 Å². The van der Waals surface area contributed by atoms with Crippen molar-refractivity contribution in [1.82, 2.24) is 4.57 Å². The zero-order valence-corrected chi connectivity index (χ0v) is 18.3. The summed E-state index contributed by atoms with van der Waals surface area (Å²) in [6.45, 7) is 3.66. The highest BCUT2D eigenvalue weighted by atomic mass is 35.5. The molecule has 1 aliphatic heterocycles. The standard InChI is InChI=1S/C23H18ClFN2O3S/c1-3-30-22(29)19-13(2)26-23-27(20(19)15-6-8-16(24)9-7-15)21(28)18(31-23)12-14-4-10-17(25)11-5-14/h4-12,20H,3H2,1-2H3/b18-12+/t20-/m0/s1. The van der Waals surface area contributed by atoms with E-state index in [0.717, 1.165) is 5.56 Å². The number of aromatic nitrogens is 1. The van der Waals surface area contributed by atoms with Gasteiger partial charge in [0, 0.05) is 5.02 Å². The monoisotopic (exact) mass is 456 g/mol. The fraction of sp³-hybridized carbons (Fsp3) is 0.174. The van der Waals surface area contributed by atoms with E-state index in [2.05, 4.69) is 4.99 Å². The highest BCUT2D eigenvalue weighted by molar-refractivity contribution is 7.07. The second-order valence-electron chi connectivity index (χ2n) is 6.91. The fourth-order valence-electron chi connectivity index (χ4n) is 3.46. The lowest BCUT2D eigenvalue weighted by Crippen LogP contribution is -2.39. The summed E-state index contributed by atoms with van der Waals surface area (Å²) in [6.07, 6.45) is 1.69. The normalized spacial score (nSPS) is 16.1. The molecule has 0 radical (unpaired) electrons. The Balaban J connectivity index is 1.94. The van der Waals surface area contributed by atoms with E-state index in [1.807, 2.05) is 0 Å². The van der Waals surface area contributed by atoms with Crippen LogP contribution in [0.4, 0.5) is 4.39 Å². The summed E-state index contributed by atoms with van der Waals surface area (Å²) in [5.74, 6) is -0.868. The van der Waals surface area contributed by atoms with Gasteiger partial charge >= 0.3 is 5.97 Å². The number of carbonyl (C=O) groups is 1. The molecule has 1 atom stereocenters. The highest BCUT2D eigenvalue weighted by Crippen LogP contribution is 2.31. The van der Waals surface area contributed by atoms with Crippen LogP contribution in [-0.4, -0.2) is 17.1 Å². The van der Waals surface area contributed by atoms with Gasteiger partial charge in [-0.05, 0) is 55.3 Å². The van der Waals surface area contributed by atoms with Crippen LogP contribution in [0.2, 0.25) is 5.02 Å².